The van der Waals surface area contributed by atoms with Gasteiger partial charge < -0.3 is 10.1 Å². The number of fused-ring (bicyclic) bond motifs is 1. The Kier molecular flexibility index (Phi) is 5.58. The number of rotatable bonds is 6. The second kappa shape index (κ2) is 8.19. The largest absolute Gasteiger partial charge is 0.383 e. The molecular weight excluding hydrogens is 392 g/mol. The molecule has 1 atom stereocenters. The minimum Gasteiger partial charge on any atom is -0.383 e. The Bertz CT molecular complexity index is 1060. The van der Waals surface area contributed by atoms with E-state index in [-0.39, 0.29) is 11.8 Å². The van der Waals surface area contributed by atoms with Gasteiger partial charge in [0.25, 0.3) is 0 Å². The summed E-state index contributed by atoms with van der Waals surface area (Å²) in [5.74, 6) is 2.01. The highest BCUT2D eigenvalue weighted by Gasteiger charge is 2.52. The van der Waals surface area contributed by atoms with E-state index in [0.29, 0.717) is 24.8 Å². The first kappa shape index (κ1) is 21.1. The van der Waals surface area contributed by atoms with Crippen molar-refractivity contribution in [2.45, 2.75) is 34.1 Å². The van der Waals surface area contributed by atoms with Gasteiger partial charge in [0, 0.05) is 43.2 Å². The van der Waals surface area contributed by atoms with Crippen molar-refractivity contribution in [3.8, 4) is 0 Å². The van der Waals surface area contributed by atoms with Crippen LogP contribution in [-0.4, -0.2) is 46.1 Å². The summed E-state index contributed by atoms with van der Waals surface area (Å²) >= 11 is 0. The molecule has 1 N–H and O–H groups in total. The van der Waals surface area contributed by atoms with Gasteiger partial charge in [-0.3, -0.25) is 14.7 Å². The summed E-state index contributed by atoms with van der Waals surface area (Å²) in [6, 6.07) is 0. The number of amides is 1. The van der Waals surface area contributed by atoms with Crippen LogP contribution >= 0.6 is 0 Å². The number of carbonyl (C=O) groups excluding carboxylic acids is 1. The maximum Gasteiger partial charge on any atom is 0.238 e. The molecule has 1 aliphatic heterocycles. The van der Waals surface area contributed by atoms with Crippen LogP contribution in [0.5, 0.6) is 0 Å². The van der Waals surface area contributed by atoms with E-state index in [9.17, 15) is 4.79 Å². The molecule has 4 rings (SSSR count). The number of aromatic nitrogens is 4. The van der Waals surface area contributed by atoms with Crippen molar-refractivity contribution in [3.63, 3.8) is 0 Å². The van der Waals surface area contributed by atoms with Crippen molar-refractivity contribution in [3.05, 3.63) is 53.5 Å². The average Bonchev–Trinajstić information content (AvgIpc) is 2.95. The van der Waals surface area contributed by atoms with Gasteiger partial charge in [0.1, 0.15) is 11.6 Å². The average molecular weight is 421 g/mol. The Morgan fingerprint density at radius 1 is 1.19 bits per heavy atom. The molecular formula is C23H28N6O2. The minimum absolute atomic E-state index is 0.0274. The number of methoxy groups -OCH3 is 1. The summed E-state index contributed by atoms with van der Waals surface area (Å²) in [6.45, 7) is 8.92. The first-order chi connectivity index (χ1) is 14.8. The lowest BCUT2D eigenvalue weighted by atomic mass is 9.75. The molecule has 1 unspecified atom stereocenters. The van der Waals surface area contributed by atoms with Crippen LogP contribution in [0.3, 0.4) is 0 Å². The number of anilines is 2. The van der Waals surface area contributed by atoms with Crippen molar-refractivity contribution in [1.29, 1.82) is 0 Å². The van der Waals surface area contributed by atoms with E-state index >= 15 is 0 Å². The van der Waals surface area contributed by atoms with Crippen molar-refractivity contribution in [2.75, 3.05) is 30.5 Å². The summed E-state index contributed by atoms with van der Waals surface area (Å²) in [6.07, 6.45) is 10.3. The molecule has 8 heteroatoms. The fourth-order valence-electron chi connectivity index (χ4n) is 4.09. The number of nitrogens with one attached hydrogen (secondary N) is 1. The molecule has 0 saturated carbocycles. The Morgan fingerprint density at radius 3 is 2.65 bits per heavy atom. The topological polar surface area (TPSA) is 93.1 Å². The first-order valence-electron chi connectivity index (χ1n) is 10.4. The fraction of sp³-hybridized carbons (Fsp3) is 0.435. The highest BCUT2D eigenvalue weighted by Crippen LogP contribution is 2.50. The first-order valence-corrected chi connectivity index (χ1v) is 10.4. The van der Waals surface area contributed by atoms with E-state index < -0.39 is 5.41 Å². The second-order valence-corrected chi connectivity index (χ2v) is 8.48. The van der Waals surface area contributed by atoms with Crippen LogP contribution in [0.2, 0.25) is 0 Å². The molecule has 2 aliphatic rings. The maximum absolute atomic E-state index is 13.5. The van der Waals surface area contributed by atoms with E-state index in [1.807, 2.05) is 40.1 Å². The molecule has 2 aromatic heterocycles. The standard InChI is InChI=1S/C23H28N6O2/c1-14-21(24-8-9-31-5)28-20(13-25-14)29-19-10-16(17-11-26-15(2)27-12-17)6-7-18(19)23(3,4)22(29)30/h6,10-13,18H,7-9H2,1-5H3,(H,24,28). The molecule has 1 aliphatic carbocycles. The van der Waals surface area contributed by atoms with Gasteiger partial charge in [-0.2, -0.15) is 0 Å². The van der Waals surface area contributed by atoms with Crippen LogP contribution in [0.4, 0.5) is 11.6 Å². The zero-order chi connectivity index (χ0) is 22.2. The van der Waals surface area contributed by atoms with Crippen molar-refractivity contribution in [2.24, 2.45) is 11.3 Å². The summed E-state index contributed by atoms with van der Waals surface area (Å²) < 4.78 is 5.11. The number of hydrogen-bond acceptors (Lipinski definition) is 7. The summed E-state index contributed by atoms with van der Waals surface area (Å²) in [7, 11) is 1.65. The maximum atomic E-state index is 13.5. The van der Waals surface area contributed by atoms with Gasteiger partial charge in [-0.1, -0.05) is 19.9 Å². The zero-order valence-corrected chi connectivity index (χ0v) is 18.6. The SMILES string of the molecule is COCCNc1nc(N2C(=O)C(C)(C)C3CC=C(c4cnc(C)nc4)C=C32)cnc1C. The van der Waals surface area contributed by atoms with Crippen LogP contribution in [0.25, 0.3) is 5.57 Å². The predicted molar refractivity (Wildman–Crippen MR) is 119 cm³/mol. The van der Waals surface area contributed by atoms with E-state index in [4.69, 9.17) is 9.72 Å². The number of nitrogens with zero attached hydrogens (tertiary/aromatic N) is 5. The van der Waals surface area contributed by atoms with Gasteiger partial charge in [-0.25, -0.2) is 15.0 Å². The molecule has 1 amide bonds. The molecule has 3 heterocycles. The number of ether oxygens (including phenoxy) is 1. The monoisotopic (exact) mass is 420 g/mol. The highest BCUT2D eigenvalue weighted by molar-refractivity contribution is 6.04. The quantitative estimate of drug-likeness (QED) is 0.717. The molecule has 8 nitrogen and oxygen atoms in total. The molecule has 0 radical (unpaired) electrons. The number of allylic oxidation sites excluding steroid dienone is 4. The Hall–Kier alpha value is -3.13. The van der Waals surface area contributed by atoms with Crippen LogP contribution in [0.1, 0.15) is 37.4 Å². The van der Waals surface area contributed by atoms with Gasteiger partial charge in [-0.15, -0.1) is 0 Å². The number of carbonyl (C=O) groups is 1. The van der Waals surface area contributed by atoms with Gasteiger partial charge in [0.15, 0.2) is 5.82 Å². The molecule has 2 aromatic rings. The molecule has 162 valence electrons. The number of aryl methyl sites for hydroxylation is 2. The van der Waals surface area contributed by atoms with E-state index in [1.165, 1.54) is 0 Å². The Morgan fingerprint density at radius 2 is 1.94 bits per heavy atom. The van der Waals surface area contributed by atoms with Crippen LogP contribution in [-0.2, 0) is 9.53 Å². The third-order valence-electron chi connectivity index (χ3n) is 6.00. The number of hydrogen-bond donors (Lipinski definition) is 1. The predicted octanol–water partition coefficient (Wildman–Crippen LogP) is 3.30. The normalized spacial score (nSPS) is 19.7. The highest BCUT2D eigenvalue weighted by atomic mass is 16.5. The summed E-state index contributed by atoms with van der Waals surface area (Å²) in [5.41, 5.74) is 3.13. The van der Waals surface area contributed by atoms with Gasteiger partial charge in [0.05, 0.1) is 23.9 Å². The third kappa shape index (κ3) is 3.83. The lowest BCUT2D eigenvalue weighted by Gasteiger charge is -2.26. The fourth-order valence-corrected chi connectivity index (χ4v) is 4.09. The van der Waals surface area contributed by atoms with Gasteiger partial charge in [-0.05, 0) is 31.9 Å². The molecule has 0 spiro atoms. The van der Waals surface area contributed by atoms with Crippen LogP contribution < -0.4 is 10.2 Å². The lowest BCUT2D eigenvalue weighted by Crippen LogP contribution is -2.32. The van der Waals surface area contributed by atoms with E-state index in [2.05, 4.69) is 32.4 Å². The lowest BCUT2D eigenvalue weighted by molar-refractivity contribution is -0.125. The van der Waals surface area contributed by atoms with Crippen molar-refractivity contribution in [1.82, 2.24) is 19.9 Å². The molecule has 1 fully saturated rings. The zero-order valence-electron chi connectivity index (χ0n) is 18.6. The summed E-state index contributed by atoms with van der Waals surface area (Å²) in [5, 5.41) is 3.24. The summed E-state index contributed by atoms with van der Waals surface area (Å²) in [4.78, 5) is 33.0. The molecule has 0 aromatic carbocycles. The van der Waals surface area contributed by atoms with Gasteiger partial charge >= 0.3 is 0 Å². The molecule has 0 bridgehead atoms. The van der Waals surface area contributed by atoms with Crippen molar-refractivity contribution >= 4 is 23.1 Å². The molecule has 1 saturated heterocycles. The van der Waals surface area contributed by atoms with E-state index in [0.717, 1.165) is 34.8 Å². The minimum atomic E-state index is -0.534. The third-order valence-corrected chi connectivity index (χ3v) is 6.00. The molecule has 31 heavy (non-hydrogen) atoms. The Labute approximate surface area is 182 Å². The van der Waals surface area contributed by atoms with E-state index in [1.54, 1.807) is 18.2 Å². The Balaban J connectivity index is 1.73. The van der Waals surface area contributed by atoms with Crippen LogP contribution in [0, 0.1) is 25.2 Å². The smallest absolute Gasteiger partial charge is 0.238 e. The second-order valence-electron chi connectivity index (χ2n) is 8.48. The van der Waals surface area contributed by atoms with Crippen molar-refractivity contribution < 1.29 is 9.53 Å². The van der Waals surface area contributed by atoms with Crippen LogP contribution in [0.15, 0.2) is 36.4 Å². The van der Waals surface area contributed by atoms with Gasteiger partial charge in [0.2, 0.25) is 5.91 Å².